The topological polar surface area (TPSA) is 70.1 Å². The maximum atomic E-state index is 13.1. The van der Waals surface area contributed by atoms with Crippen molar-refractivity contribution in [2.45, 2.75) is 33.6 Å². The minimum Gasteiger partial charge on any atom is -0.492 e. The number of benzene rings is 1. The molecule has 1 aromatic carbocycles. The number of amides is 1. The van der Waals surface area contributed by atoms with Gasteiger partial charge in [0, 0.05) is 26.2 Å². The molecule has 1 aliphatic heterocycles. The number of carbonyl (C=O) groups is 2. The molecule has 6 nitrogen and oxygen atoms in total. The molecule has 152 valence electrons. The molecule has 1 heterocycles. The van der Waals surface area contributed by atoms with Gasteiger partial charge in [-0.1, -0.05) is 23.3 Å². The van der Waals surface area contributed by atoms with Crippen LogP contribution in [0.25, 0.3) is 0 Å². The molecule has 28 heavy (non-hydrogen) atoms. The van der Waals surface area contributed by atoms with Crippen LogP contribution in [0.5, 0.6) is 5.75 Å². The van der Waals surface area contributed by atoms with Crippen molar-refractivity contribution in [3.05, 3.63) is 35.4 Å². The highest BCUT2D eigenvalue weighted by Crippen LogP contribution is 2.36. The Bertz CT molecular complexity index is 766. The number of hydrogen-bond donors (Lipinski definition) is 1. The number of para-hydroxylation sites is 2. The number of piperazine rings is 1. The van der Waals surface area contributed by atoms with Gasteiger partial charge in [-0.25, -0.2) is 0 Å². The van der Waals surface area contributed by atoms with Crippen molar-refractivity contribution < 1.29 is 19.4 Å². The SMILES string of the molecule is CCOc1ccccc1N1CCN(C(=O)[C@@H]2CC(C)=C(C)C[C@@H]2C(=O)O)CC1. The number of carboxylic acid groups (broad SMARTS) is 1. The van der Waals surface area contributed by atoms with Crippen LogP contribution < -0.4 is 9.64 Å². The fourth-order valence-electron chi connectivity index (χ4n) is 4.21. The molecule has 6 heteroatoms. The van der Waals surface area contributed by atoms with Gasteiger partial charge in [-0.2, -0.15) is 0 Å². The third kappa shape index (κ3) is 4.16. The number of carbonyl (C=O) groups excluding carboxylic acids is 1. The van der Waals surface area contributed by atoms with Gasteiger partial charge in [0.05, 0.1) is 24.1 Å². The molecule has 1 N–H and O–H groups in total. The van der Waals surface area contributed by atoms with Gasteiger partial charge in [0.2, 0.25) is 5.91 Å². The Balaban J connectivity index is 1.68. The highest BCUT2D eigenvalue weighted by atomic mass is 16.5. The van der Waals surface area contributed by atoms with Crippen molar-refractivity contribution in [2.75, 3.05) is 37.7 Å². The zero-order valence-electron chi connectivity index (χ0n) is 17.0. The van der Waals surface area contributed by atoms with Gasteiger partial charge in [-0.3, -0.25) is 9.59 Å². The van der Waals surface area contributed by atoms with Crippen LogP contribution in [-0.4, -0.2) is 54.7 Å². The molecule has 0 radical (unpaired) electrons. The molecule has 0 spiro atoms. The number of allylic oxidation sites excluding steroid dienone is 2. The minimum absolute atomic E-state index is 0.0167. The maximum absolute atomic E-state index is 13.1. The first-order valence-corrected chi connectivity index (χ1v) is 10.1. The van der Waals surface area contributed by atoms with E-state index in [1.807, 2.05) is 49.9 Å². The molecular weight excluding hydrogens is 356 g/mol. The predicted molar refractivity (Wildman–Crippen MR) is 109 cm³/mol. The summed E-state index contributed by atoms with van der Waals surface area (Å²) in [6.45, 7) is 9.20. The summed E-state index contributed by atoms with van der Waals surface area (Å²) in [6.07, 6.45) is 1.02. The normalized spacial score (nSPS) is 23.0. The van der Waals surface area contributed by atoms with E-state index < -0.39 is 17.8 Å². The molecule has 3 rings (SSSR count). The predicted octanol–water partition coefficient (Wildman–Crippen LogP) is 3.18. The third-order valence-corrected chi connectivity index (χ3v) is 6.00. The Morgan fingerprint density at radius 2 is 1.64 bits per heavy atom. The number of anilines is 1. The van der Waals surface area contributed by atoms with E-state index in [9.17, 15) is 14.7 Å². The molecule has 1 saturated heterocycles. The number of carboxylic acids is 1. The smallest absolute Gasteiger partial charge is 0.307 e. The number of nitrogens with zero attached hydrogens (tertiary/aromatic N) is 2. The Hall–Kier alpha value is -2.50. The fourth-order valence-corrected chi connectivity index (χ4v) is 4.21. The van der Waals surface area contributed by atoms with E-state index in [0.29, 0.717) is 45.6 Å². The van der Waals surface area contributed by atoms with Gasteiger partial charge >= 0.3 is 5.97 Å². The third-order valence-electron chi connectivity index (χ3n) is 6.00. The molecule has 1 fully saturated rings. The summed E-state index contributed by atoms with van der Waals surface area (Å²) < 4.78 is 5.73. The first-order valence-electron chi connectivity index (χ1n) is 10.1. The highest BCUT2D eigenvalue weighted by molar-refractivity contribution is 5.86. The average Bonchev–Trinajstić information content (AvgIpc) is 2.70. The van der Waals surface area contributed by atoms with Crippen LogP contribution in [0, 0.1) is 11.8 Å². The molecular formula is C22H30N2O4. The zero-order chi connectivity index (χ0) is 20.3. The van der Waals surface area contributed by atoms with Crippen molar-refractivity contribution >= 4 is 17.6 Å². The van der Waals surface area contributed by atoms with Crippen LogP contribution in [0.15, 0.2) is 35.4 Å². The summed E-state index contributed by atoms with van der Waals surface area (Å²) >= 11 is 0. The molecule has 1 amide bonds. The van der Waals surface area contributed by atoms with Gasteiger partial charge in [0.1, 0.15) is 5.75 Å². The minimum atomic E-state index is -0.866. The molecule has 0 unspecified atom stereocenters. The van der Waals surface area contributed by atoms with E-state index >= 15 is 0 Å². The first kappa shape index (κ1) is 20.2. The second-order valence-corrected chi connectivity index (χ2v) is 7.73. The van der Waals surface area contributed by atoms with Crippen molar-refractivity contribution in [3.8, 4) is 5.75 Å². The second-order valence-electron chi connectivity index (χ2n) is 7.73. The summed E-state index contributed by atoms with van der Waals surface area (Å²) in [5.74, 6) is -1.10. The number of aliphatic carboxylic acids is 1. The van der Waals surface area contributed by atoms with Crippen LogP contribution in [0.4, 0.5) is 5.69 Å². The van der Waals surface area contributed by atoms with Crippen LogP contribution in [0.3, 0.4) is 0 Å². The van der Waals surface area contributed by atoms with Gasteiger partial charge < -0.3 is 19.6 Å². The van der Waals surface area contributed by atoms with E-state index in [4.69, 9.17) is 4.74 Å². The average molecular weight is 386 g/mol. The van der Waals surface area contributed by atoms with E-state index in [1.165, 1.54) is 0 Å². The standard InChI is InChI=1S/C22H30N2O4/c1-4-28-20-8-6-5-7-19(20)23-9-11-24(12-10-23)21(25)17-13-15(2)16(3)14-18(17)22(26)27/h5-8,17-18H,4,9-14H2,1-3H3,(H,26,27)/t17-,18+/m1/s1. The van der Waals surface area contributed by atoms with E-state index in [0.717, 1.165) is 22.6 Å². The maximum Gasteiger partial charge on any atom is 0.307 e. The molecule has 1 aliphatic carbocycles. The lowest BCUT2D eigenvalue weighted by atomic mass is 9.76. The van der Waals surface area contributed by atoms with E-state index in [2.05, 4.69) is 4.90 Å². The Morgan fingerprint density at radius 1 is 1.04 bits per heavy atom. The Kier molecular flexibility index (Phi) is 6.27. The summed E-state index contributed by atoms with van der Waals surface area (Å²) in [4.78, 5) is 28.9. The number of hydrogen-bond acceptors (Lipinski definition) is 4. The lowest BCUT2D eigenvalue weighted by Gasteiger charge is -2.40. The second kappa shape index (κ2) is 8.67. The van der Waals surface area contributed by atoms with Crippen molar-refractivity contribution in [1.82, 2.24) is 4.90 Å². The first-order chi connectivity index (χ1) is 13.4. The lowest BCUT2D eigenvalue weighted by Crippen LogP contribution is -2.52. The quantitative estimate of drug-likeness (QED) is 0.787. The van der Waals surface area contributed by atoms with Crippen LogP contribution in [0.1, 0.15) is 33.6 Å². The summed E-state index contributed by atoms with van der Waals surface area (Å²) in [5.41, 5.74) is 3.31. The van der Waals surface area contributed by atoms with E-state index in [-0.39, 0.29) is 5.91 Å². The number of rotatable bonds is 5. The molecule has 1 aromatic rings. The highest BCUT2D eigenvalue weighted by Gasteiger charge is 2.39. The van der Waals surface area contributed by atoms with Crippen molar-refractivity contribution in [1.29, 1.82) is 0 Å². The van der Waals surface area contributed by atoms with Crippen LogP contribution >= 0.6 is 0 Å². The zero-order valence-corrected chi connectivity index (χ0v) is 17.0. The largest absolute Gasteiger partial charge is 0.492 e. The summed E-state index contributed by atoms with van der Waals surface area (Å²) in [7, 11) is 0. The Morgan fingerprint density at radius 3 is 2.25 bits per heavy atom. The van der Waals surface area contributed by atoms with Crippen molar-refractivity contribution in [3.63, 3.8) is 0 Å². The van der Waals surface area contributed by atoms with Gasteiger partial charge in [-0.15, -0.1) is 0 Å². The monoisotopic (exact) mass is 386 g/mol. The molecule has 0 saturated carbocycles. The van der Waals surface area contributed by atoms with Crippen LogP contribution in [-0.2, 0) is 9.59 Å². The Labute approximate surface area is 166 Å². The fraction of sp³-hybridized carbons (Fsp3) is 0.545. The molecule has 2 aliphatic rings. The molecule has 2 atom stereocenters. The van der Waals surface area contributed by atoms with Crippen molar-refractivity contribution in [2.24, 2.45) is 11.8 Å². The molecule has 0 bridgehead atoms. The summed E-state index contributed by atoms with van der Waals surface area (Å²) in [6, 6.07) is 7.96. The van der Waals surface area contributed by atoms with Gasteiger partial charge in [0.15, 0.2) is 0 Å². The molecule has 0 aromatic heterocycles. The summed E-state index contributed by atoms with van der Waals surface area (Å²) in [5, 5.41) is 9.62. The van der Waals surface area contributed by atoms with E-state index in [1.54, 1.807) is 0 Å². The van der Waals surface area contributed by atoms with Gasteiger partial charge in [0.25, 0.3) is 0 Å². The number of ether oxygens (including phenoxy) is 1. The van der Waals surface area contributed by atoms with Gasteiger partial charge in [-0.05, 0) is 45.7 Å². The lowest BCUT2D eigenvalue weighted by molar-refractivity contribution is -0.151. The van der Waals surface area contributed by atoms with Crippen LogP contribution in [0.2, 0.25) is 0 Å².